The van der Waals surface area contributed by atoms with Crippen molar-refractivity contribution in [3.05, 3.63) is 29.8 Å². The van der Waals surface area contributed by atoms with E-state index in [1.807, 2.05) is 31.2 Å². The van der Waals surface area contributed by atoms with Gasteiger partial charge in [0.15, 0.2) is 0 Å². The van der Waals surface area contributed by atoms with Crippen LogP contribution in [0.25, 0.3) is 0 Å². The lowest BCUT2D eigenvalue weighted by Crippen LogP contribution is -2.32. The van der Waals surface area contributed by atoms with Crippen LogP contribution in [-0.4, -0.2) is 53.6 Å². The van der Waals surface area contributed by atoms with Gasteiger partial charge in [-0.2, -0.15) is 11.8 Å². The third-order valence-electron chi connectivity index (χ3n) is 3.08. The zero-order valence-electron chi connectivity index (χ0n) is 12.9. The summed E-state index contributed by atoms with van der Waals surface area (Å²) in [5, 5.41) is 9.21. The Kier molecular flexibility index (Phi) is 9.14. The summed E-state index contributed by atoms with van der Waals surface area (Å²) in [6.07, 6.45) is 1.41. The third-order valence-corrected chi connectivity index (χ3v) is 4.03. The van der Waals surface area contributed by atoms with E-state index in [1.54, 1.807) is 0 Å². The molecule has 0 atom stereocenters. The fourth-order valence-electron chi connectivity index (χ4n) is 1.98. The molecule has 0 unspecified atom stereocenters. The molecular formula is C16H23NO4S. The SMILES string of the molecule is CCOc1ccc(CCN(CCCSCC=O)C(=O)O)cc1. The lowest BCUT2D eigenvalue weighted by Gasteiger charge is -2.19. The van der Waals surface area contributed by atoms with Gasteiger partial charge in [-0.25, -0.2) is 4.79 Å². The number of rotatable bonds is 11. The highest BCUT2D eigenvalue weighted by molar-refractivity contribution is 7.99. The van der Waals surface area contributed by atoms with E-state index in [0.29, 0.717) is 31.9 Å². The van der Waals surface area contributed by atoms with Crippen LogP contribution in [-0.2, 0) is 11.2 Å². The number of amides is 1. The number of hydrogen-bond acceptors (Lipinski definition) is 4. The van der Waals surface area contributed by atoms with Crippen LogP contribution in [0.1, 0.15) is 18.9 Å². The van der Waals surface area contributed by atoms with E-state index < -0.39 is 6.09 Å². The van der Waals surface area contributed by atoms with Gasteiger partial charge in [0.1, 0.15) is 12.0 Å². The van der Waals surface area contributed by atoms with Crippen LogP contribution < -0.4 is 4.74 Å². The minimum absolute atomic E-state index is 0.471. The standard InChI is InChI=1S/C16H23NO4S/c1-2-21-15-6-4-14(5-7-15)8-10-17(16(19)20)9-3-12-22-13-11-18/h4-7,11H,2-3,8-10,12-13H2,1H3,(H,19,20). The topological polar surface area (TPSA) is 66.8 Å². The van der Waals surface area contributed by atoms with Crippen molar-refractivity contribution in [2.75, 3.05) is 31.2 Å². The molecule has 0 aliphatic carbocycles. The van der Waals surface area contributed by atoms with E-state index in [1.165, 1.54) is 16.7 Å². The third kappa shape index (κ3) is 7.36. The quantitative estimate of drug-likeness (QED) is 0.500. The van der Waals surface area contributed by atoms with Crippen LogP contribution in [0.4, 0.5) is 4.79 Å². The summed E-state index contributed by atoms with van der Waals surface area (Å²) in [6.45, 7) is 3.54. The molecule has 0 saturated carbocycles. The summed E-state index contributed by atoms with van der Waals surface area (Å²) in [4.78, 5) is 22.9. The summed E-state index contributed by atoms with van der Waals surface area (Å²) >= 11 is 1.53. The first-order valence-electron chi connectivity index (χ1n) is 7.38. The molecule has 0 saturated heterocycles. The molecule has 1 amide bonds. The van der Waals surface area contributed by atoms with Gasteiger partial charge in [0.05, 0.1) is 6.61 Å². The minimum atomic E-state index is -0.897. The number of ether oxygens (including phenoxy) is 1. The number of hydrogen-bond donors (Lipinski definition) is 1. The van der Waals surface area contributed by atoms with Crippen LogP contribution in [0.3, 0.4) is 0 Å². The number of carbonyl (C=O) groups excluding carboxylic acids is 1. The molecule has 1 rings (SSSR count). The Balaban J connectivity index is 2.36. The molecule has 0 aliphatic heterocycles. The van der Waals surface area contributed by atoms with Gasteiger partial charge in [0.25, 0.3) is 0 Å². The van der Waals surface area contributed by atoms with Crippen molar-refractivity contribution in [3.63, 3.8) is 0 Å². The Labute approximate surface area is 135 Å². The monoisotopic (exact) mass is 325 g/mol. The van der Waals surface area contributed by atoms with Crippen molar-refractivity contribution in [3.8, 4) is 5.75 Å². The van der Waals surface area contributed by atoms with Gasteiger partial charge in [-0.15, -0.1) is 0 Å². The number of nitrogens with zero attached hydrogens (tertiary/aromatic N) is 1. The maximum Gasteiger partial charge on any atom is 0.407 e. The summed E-state index contributed by atoms with van der Waals surface area (Å²) in [6, 6.07) is 7.73. The number of carbonyl (C=O) groups is 2. The fourth-order valence-corrected chi connectivity index (χ4v) is 2.57. The summed E-state index contributed by atoms with van der Waals surface area (Å²) in [7, 11) is 0. The van der Waals surface area contributed by atoms with Crippen molar-refractivity contribution in [2.45, 2.75) is 19.8 Å². The molecule has 122 valence electrons. The van der Waals surface area contributed by atoms with Crippen molar-refractivity contribution in [2.24, 2.45) is 0 Å². The molecule has 0 aliphatic rings. The predicted octanol–water partition coefficient (Wildman–Crippen LogP) is 2.93. The summed E-state index contributed by atoms with van der Waals surface area (Å²) in [5.74, 6) is 2.10. The van der Waals surface area contributed by atoms with Gasteiger partial charge < -0.3 is 19.5 Å². The van der Waals surface area contributed by atoms with Crippen LogP contribution in [0.15, 0.2) is 24.3 Å². The zero-order chi connectivity index (χ0) is 16.2. The minimum Gasteiger partial charge on any atom is -0.494 e. The average Bonchev–Trinajstić information content (AvgIpc) is 2.51. The second-order valence-electron chi connectivity index (χ2n) is 4.69. The number of aldehydes is 1. The Hall–Kier alpha value is -1.69. The first kappa shape index (κ1) is 18.4. The van der Waals surface area contributed by atoms with Crippen molar-refractivity contribution in [1.82, 2.24) is 4.90 Å². The first-order valence-corrected chi connectivity index (χ1v) is 8.53. The van der Waals surface area contributed by atoms with E-state index in [-0.39, 0.29) is 0 Å². The number of carboxylic acid groups (broad SMARTS) is 1. The highest BCUT2D eigenvalue weighted by Gasteiger charge is 2.11. The molecular weight excluding hydrogens is 302 g/mol. The van der Waals surface area contributed by atoms with E-state index in [4.69, 9.17) is 4.74 Å². The molecule has 1 aromatic carbocycles. The Morgan fingerprint density at radius 2 is 2.05 bits per heavy atom. The van der Waals surface area contributed by atoms with Crippen molar-refractivity contribution in [1.29, 1.82) is 0 Å². The predicted molar refractivity (Wildman–Crippen MR) is 88.9 cm³/mol. The molecule has 0 bridgehead atoms. The van der Waals surface area contributed by atoms with E-state index in [0.717, 1.165) is 29.8 Å². The zero-order valence-corrected chi connectivity index (χ0v) is 13.7. The van der Waals surface area contributed by atoms with Crippen LogP contribution in [0, 0.1) is 0 Å². The summed E-state index contributed by atoms with van der Waals surface area (Å²) < 4.78 is 5.38. The van der Waals surface area contributed by atoms with E-state index in [2.05, 4.69) is 0 Å². The van der Waals surface area contributed by atoms with Gasteiger partial charge in [0.2, 0.25) is 0 Å². The Morgan fingerprint density at radius 1 is 1.32 bits per heavy atom. The van der Waals surface area contributed by atoms with Gasteiger partial charge in [-0.3, -0.25) is 0 Å². The van der Waals surface area contributed by atoms with Gasteiger partial charge in [-0.05, 0) is 43.2 Å². The maximum absolute atomic E-state index is 11.2. The van der Waals surface area contributed by atoms with Crippen LogP contribution in [0.2, 0.25) is 0 Å². The molecule has 1 aromatic rings. The highest BCUT2D eigenvalue weighted by atomic mass is 32.2. The molecule has 6 heteroatoms. The highest BCUT2D eigenvalue weighted by Crippen LogP contribution is 2.13. The largest absolute Gasteiger partial charge is 0.494 e. The second kappa shape index (κ2) is 11.0. The molecule has 0 aromatic heterocycles. The molecule has 1 N–H and O–H groups in total. The lowest BCUT2D eigenvalue weighted by atomic mass is 10.1. The molecule has 5 nitrogen and oxygen atoms in total. The average molecular weight is 325 g/mol. The maximum atomic E-state index is 11.2. The normalized spacial score (nSPS) is 10.2. The van der Waals surface area contributed by atoms with Crippen LogP contribution >= 0.6 is 11.8 Å². The first-order chi connectivity index (χ1) is 10.7. The Morgan fingerprint density at radius 3 is 2.64 bits per heavy atom. The number of benzene rings is 1. The summed E-state index contributed by atoms with van der Waals surface area (Å²) in [5.41, 5.74) is 1.09. The fraction of sp³-hybridized carbons (Fsp3) is 0.500. The second-order valence-corrected chi connectivity index (χ2v) is 5.84. The van der Waals surface area contributed by atoms with Gasteiger partial charge in [0, 0.05) is 18.8 Å². The Bertz CT molecular complexity index is 450. The molecule has 0 radical (unpaired) electrons. The van der Waals surface area contributed by atoms with Gasteiger partial charge in [-0.1, -0.05) is 12.1 Å². The lowest BCUT2D eigenvalue weighted by molar-refractivity contribution is -0.105. The number of thioether (sulfide) groups is 1. The van der Waals surface area contributed by atoms with Gasteiger partial charge >= 0.3 is 6.09 Å². The van der Waals surface area contributed by atoms with Crippen molar-refractivity contribution < 1.29 is 19.4 Å². The molecule has 0 fully saturated rings. The smallest absolute Gasteiger partial charge is 0.407 e. The van der Waals surface area contributed by atoms with E-state index >= 15 is 0 Å². The van der Waals surface area contributed by atoms with E-state index in [9.17, 15) is 14.7 Å². The molecule has 0 heterocycles. The molecule has 0 spiro atoms. The molecule has 22 heavy (non-hydrogen) atoms. The van der Waals surface area contributed by atoms with Crippen LogP contribution in [0.5, 0.6) is 5.75 Å². The van der Waals surface area contributed by atoms with Crippen molar-refractivity contribution >= 4 is 24.1 Å².